The minimum atomic E-state index is -0.0789. The van der Waals surface area contributed by atoms with Crippen LogP contribution < -0.4 is 5.73 Å². The van der Waals surface area contributed by atoms with Gasteiger partial charge in [0.15, 0.2) is 5.82 Å². The van der Waals surface area contributed by atoms with E-state index in [1.54, 1.807) is 7.11 Å². The number of nitrogens with two attached hydrogens (primary N) is 1. The van der Waals surface area contributed by atoms with Crippen molar-refractivity contribution < 1.29 is 4.74 Å². The minimum Gasteiger partial charge on any atom is -0.374 e. The lowest BCUT2D eigenvalue weighted by molar-refractivity contribution is 0.112. The molecule has 0 aromatic carbocycles. The molecule has 0 aliphatic rings. The molecule has 5 heteroatoms. The molecule has 0 saturated heterocycles. The highest BCUT2D eigenvalue weighted by molar-refractivity contribution is 5.13. The summed E-state index contributed by atoms with van der Waals surface area (Å²) >= 11 is 0. The summed E-state index contributed by atoms with van der Waals surface area (Å²) in [5.74, 6) is 0.902. The fourth-order valence-electron chi connectivity index (χ4n) is 0.581. The molecule has 0 saturated carbocycles. The molecule has 1 aromatic rings. The predicted molar refractivity (Wildman–Crippen MR) is 36.2 cm³/mol. The van der Waals surface area contributed by atoms with Crippen LogP contribution in [0.4, 0.5) is 5.95 Å². The number of aromatic nitrogens is 3. The second kappa shape index (κ2) is 2.66. The maximum atomic E-state index is 5.26. The summed E-state index contributed by atoms with van der Waals surface area (Å²) in [5, 5.41) is 6.29. The van der Waals surface area contributed by atoms with Crippen LogP contribution in [0.15, 0.2) is 0 Å². The highest BCUT2D eigenvalue weighted by atomic mass is 16.5. The van der Waals surface area contributed by atoms with Gasteiger partial charge in [0.05, 0.1) is 0 Å². The lowest BCUT2D eigenvalue weighted by Gasteiger charge is -2.02. The average molecular weight is 142 g/mol. The van der Waals surface area contributed by atoms with E-state index in [-0.39, 0.29) is 12.1 Å². The molecule has 0 amide bonds. The van der Waals surface area contributed by atoms with Crippen molar-refractivity contribution in [3.8, 4) is 0 Å². The number of anilines is 1. The van der Waals surface area contributed by atoms with Gasteiger partial charge < -0.3 is 10.5 Å². The van der Waals surface area contributed by atoms with E-state index in [1.807, 2.05) is 6.92 Å². The first kappa shape index (κ1) is 7.01. The Morgan fingerprint density at radius 3 is 2.80 bits per heavy atom. The van der Waals surface area contributed by atoms with E-state index in [1.165, 1.54) is 0 Å². The molecule has 3 N–H and O–H groups in total. The van der Waals surface area contributed by atoms with Crippen LogP contribution in [-0.2, 0) is 4.74 Å². The van der Waals surface area contributed by atoms with Crippen molar-refractivity contribution in [2.75, 3.05) is 12.8 Å². The highest BCUT2D eigenvalue weighted by Crippen LogP contribution is 2.09. The molecule has 5 nitrogen and oxygen atoms in total. The number of H-pyrrole nitrogens is 1. The van der Waals surface area contributed by atoms with Crippen molar-refractivity contribution in [3.05, 3.63) is 5.82 Å². The van der Waals surface area contributed by atoms with Crippen LogP contribution in [0.1, 0.15) is 18.9 Å². The summed E-state index contributed by atoms with van der Waals surface area (Å²) in [4.78, 5) is 3.87. The van der Waals surface area contributed by atoms with E-state index in [4.69, 9.17) is 10.5 Å². The Balaban J connectivity index is 2.74. The third-order valence-corrected chi connectivity index (χ3v) is 1.26. The van der Waals surface area contributed by atoms with Crippen LogP contribution in [-0.4, -0.2) is 22.3 Å². The van der Waals surface area contributed by atoms with Crippen LogP contribution in [0.5, 0.6) is 0 Å². The highest BCUT2D eigenvalue weighted by Gasteiger charge is 2.07. The minimum absolute atomic E-state index is 0.0789. The van der Waals surface area contributed by atoms with E-state index in [9.17, 15) is 0 Å². The van der Waals surface area contributed by atoms with Gasteiger partial charge in [0, 0.05) is 7.11 Å². The Labute approximate surface area is 58.6 Å². The summed E-state index contributed by atoms with van der Waals surface area (Å²) in [7, 11) is 1.60. The third-order valence-electron chi connectivity index (χ3n) is 1.26. The molecule has 1 unspecified atom stereocenters. The third kappa shape index (κ3) is 1.24. The summed E-state index contributed by atoms with van der Waals surface area (Å²) in [6.07, 6.45) is -0.0789. The number of rotatable bonds is 2. The molecule has 0 spiro atoms. The van der Waals surface area contributed by atoms with Crippen LogP contribution in [0.3, 0.4) is 0 Å². The molecule has 1 heterocycles. The molecule has 1 aromatic heterocycles. The first-order chi connectivity index (χ1) is 4.74. The van der Waals surface area contributed by atoms with Crippen LogP contribution >= 0.6 is 0 Å². The first-order valence-electron chi connectivity index (χ1n) is 2.94. The monoisotopic (exact) mass is 142 g/mol. The fourth-order valence-corrected chi connectivity index (χ4v) is 0.581. The lowest BCUT2D eigenvalue weighted by Crippen LogP contribution is -1.98. The summed E-state index contributed by atoms with van der Waals surface area (Å²) in [6.45, 7) is 1.86. The fraction of sp³-hybridized carbons (Fsp3) is 0.600. The van der Waals surface area contributed by atoms with Crippen LogP contribution in [0.2, 0.25) is 0 Å². The number of nitrogens with zero attached hydrogens (tertiary/aromatic N) is 2. The second-order valence-corrected chi connectivity index (χ2v) is 1.96. The second-order valence-electron chi connectivity index (χ2n) is 1.96. The molecule has 0 fully saturated rings. The lowest BCUT2D eigenvalue weighted by atomic mass is 10.4. The number of aromatic amines is 1. The Morgan fingerprint density at radius 1 is 1.70 bits per heavy atom. The maximum Gasteiger partial charge on any atom is 0.239 e. The zero-order valence-electron chi connectivity index (χ0n) is 5.96. The van der Waals surface area contributed by atoms with E-state index in [0.717, 1.165) is 0 Å². The van der Waals surface area contributed by atoms with Gasteiger partial charge in [0.25, 0.3) is 0 Å². The first-order valence-corrected chi connectivity index (χ1v) is 2.94. The SMILES string of the molecule is COC(C)c1nc(N)n[nH]1. The van der Waals surface area contributed by atoms with E-state index in [2.05, 4.69) is 15.2 Å². The molecule has 1 rings (SSSR count). The average Bonchev–Trinajstić information content (AvgIpc) is 2.34. The van der Waals surface area contributed by atoms with Crippen molar-refractivity contribution in [1.29, 1.82) is 0 Å². The summed E-state index contributed by atoms with van der Waals surface area (Å²) in [6, 6.07) is 0. The molecule has 0 bridgehead atoms. The van der Waals surface area contributed by atoms with Crippen molar-refractivity contribution in [2.45, 2.75) is 13.0 Å². The number of nitrogens with one attached hydrogen (secondary N) is 1. The number of methoxy groups -OCH3 is 1. The number of ether oxygens (including phenoxy) is 1. The largest absolute Gasteiger partial charge is 0.374 e. The zero-order chi connectivity index (χ0) is 7.56. The van der Waals surface area contributed by atoms with Gasteiger partial charge >= 0.3 is 0 Å². The Bertz CT molecular complexity index is 209. The van der Waals surface area contributed by atoms with Crippen molar-refractivity contribution in [3.63, 3.8) is 0 Å². The van der Waals surface area contributed by atoms with Crippen LogP contribution in [0, 0.1) is 0 Å². The molecular weight excluding hydrogens is 132 g/mol. The van der Waals surface area contributed by atoms with Crippen molar-refractivity contribution >= 4 is 5.95 Å². The zero-order valence-corrected chi connectivity index (χ0v) is 5.96. The predicted octanol–water partition coefficient (Wildman–Crippen LogP) is 0.0943. The van der Waals surface area contributed by atoms with Gasteiger partial charge in [0.2, 0.25) is 5.95 Å². The van der Waals surface area contributed by atoms with Crippen molar-refractivity contribution in [2.24, 2.45) is 0 Å². The topological polar surface area (TPSA) is 76.8 Å². The van der Waals surface area contributed by atoms with Gasteiger partial charge in [0.1, 0.15) is 6.10 Å². The molecule has 0 aliphatic heterocycles. The van der Waals surface area contributed by atoms with E-state index < -0.39 is 0 Å². The molecular formula is C5H10N4O. The molecule has 10 heavy (non-hydrogen) atoms. The van der Waals surface area contributed by atoms with Gasteiger partial charge in [-0.1, -0.05) is 0 Å². The van der Waals surface area contributed by atoms with E-state index >= 15 is 0 Å². The molecule has 0 aliphatic carbocycles. The molecule has 1 atom stereocenters. The van der Waals surface area contributed by atoms with Gasteiger partial charge in [-0.05, 0) is 6.92 Å². The van der Waals surface area contributed by atoms with Gasteiger partial charge in [-0.3, -0.25) is 5.10 Å². The number of nitrogen functional groups attached to an aromatic ring is 1. The standard InChI is InChI=1S/C5H10N4O/c1-3(10-2)4-7-5(6)9-8-4/h3H,1-2H3,(H3,6,7,8,9). The van der Waals surface area contributed by atoms with Gasteiger partial charge in [-0.2, -0.15) is 4.98 Å². The maximum absolute atomic E-state index is 5.26. The van der Waals surface area contributed by atoms with Crippen molar-refractivity contribution in [1.82, 2.24) is 15.2 Å². The summed E-state index contributed by atoms with van der Waals surface area (Å²) < 4.78 is 4.96. The number of hydrogen-bond donors (Lipinski definition) is 2. The summed E-state index contributed by atoms with van der Waals surface area (Å²) in [5.41, 5.74) is 5.26. The van der Waals surface area contributed by atoms with Gasteiger partial charge in [-0.15, -0.1) is 5.10 Å². The molecule has 0 radical (unpaired) electrons. The smallest absolute Gasteiger partial charge is 0.239 e. The number of hydrogen-bond acceptors (Lipinski definition) is 4. The van der Waals surface area contributed by atoms with Crippen LogP contribution in [0.25, 0.3) is 0 Å². The Kier molecular flexibility index (Phi) is 1.86. The quantitative estimate of drug-likeness (QED) is 0.613. The Morgan fingerprint density at radius 2 is 2.40 bits per heavy atom. The van der Waals surface area contributed by atoms with Gasteiger partial charge in [-0.25, -0.2) is 0 Å². The molecule has 56 valence electrons. The van der Waals surface area contributed by atoms with E-state index in [0.29, 0.717) is 5.82 Å². The Hall–Kier alpha value is -1.10. The normalized spacial score (nSPS) is 13.4.